The maximum absolute atomic E-state index is 12.9. The quantitative estimate of drug-likeness (QED) is 0.874. The molecule has 146 valence electrons. The van der Waals surface area contributed by atoms with Crippen molar-refractivity contribution in [2.75, 3.05) is 13.1 Å². The van der Waals surface area contributed by atoms with Crippen LogP contribution in [-0.4, -0.2) is 43.4 Å². The number of carbonyl (C=O) groups is 1. The molecule has 0 radical (unpaired) electrons. The Morgan fingerprint density at radius 3 is 2.85 bits per heavy atom. The number of carbonyl (C=O) groups excluding carboxylic acids is 1. The first-order valence-electron chi connectivity index (χ1n) is 9.79. The molecule has 1 amide bonds. The predicted molar refractivity (Wildman–Crippen MR) is 104 cm³/mol. The molecule has 1 atom stereocenters. The lowest BCUT2D eigenvalue weighted by molar-refractivity contribution is -0.131. The topological polar surface area (TPSA) is 83.9 Å². The molecule has 0 unspecified atom stereocenters. The second-order valence-corrected chi connectivity index (χ2v) is 7.57. The highest BCUT2D eigenvalue weighted by atomic mass is 16.2. The number of aromatic amines is 1. The van der Waals surface area contributed by atoms with E-state index < -0.39 is 0 Å². The summed E-state index contributed by atoms with van der Waals surface area (Å²) in [5.74, 6) is 1.93. The van der Waals surface area contributed by atoms with Crippen molar-refractivity contribution in [3.05, 3.63) is 45.7 Å². The van der Waals surface area contributed by atoms with Gasteiger partial charge in [-0.3, -0.25) is 9.59 Å². The highest BCUT2D eigenvalue weighted by Crippen LogP contribution is 2.27. The molecule has 0 bridgehead atoms. The SMILES string of the molecule is CCc1nc(C)c(CC(=O)N2CCC[C@H](c3nccn3C(C)C)C2)c(=O)[nH]1. The number of likely N-dealkylation sites (tertiary alicyclic amines) is 1. The van der Waals surface area contributed by atoms with Gasteiger partial charge < -0.3 is 14.5 Å². The summed E-state index contributed by atoms with van der Waals surface area (Å²) < 4.78 is 2.18. The summed E-state index contributed by atoms with van der Waals surface area (Å²) in [4.78, 5) is 38.8. The first-order valence-corrected chi connectivity index (χ1v) is 9.79. The van der Waals surface area contributed by atoms with Crippen molar-refractivity contribution in [3.8, 4) is 0 Å². The summed E-state index contributed by atoms with van der Waals surface area (Å²) >= 11 is 0. The van der Waals surface area contributed by atoms with Crippen LogP contribution >= 0.6 is 0 Å². The second kappa shape index (κ2) is 8.06. The average molecular weight is 371 g/mol. The lowest BCUT2D eigenvalue weighted by Crippen LogP contribution is -2.41. The van der Waals surface area contributed by atoms with E-state index in [2.05, 4.69) is 33.4 Å². The Kier molecular flexibility index (Phi) is 5.77. The Bertz CT molecular complexity index is 867. The zero-order chi connectivity index (χ0) is 19.6. The molecule has 1 aliphatic rings. The van der Waals surface area contributed by atoms with Gasteiger partial charge in [0.05, 0.1) is 6.42 Å². The second-order valence-electron chi connectivity index (χ2n) is 7.57. The van der Waals surface area contributed by atoms with Crippen LogP contribution in [-0.2, 0) is 17.6 Å². The maximum atomic E-state index is 12.9. The molecular formula is C20H29N5O2. The fraction of sp³-hybridized carbons (Fsp3) is 0.600. The molecule has 2 aromatic rings. The number of nitrogens with zero attached hydrogens (tertiary/aromatic N) is 4. The fourth-order valence-corrected chi connectivity index (χ4v) is 3.80. The van der Waals surface area contributed by atoms with Crippen molar-refractivity contribution >= 4 is 5.91 Å². The van der Waals surface area contributed by atoms with Gasteiger partial charge in [0.25, 0.3) is 5.56 Å². The van der Waals surface area contributed by atoms with E-state index >= 15 is 0 Å². The molecule has 0 saturated carbocycles. The molecule has 1 saturated heterocycles. The monoisotopic (exact) mass is 371 g/mol. The standard InChI is InChI=1S/C20H29N5O2/c1-5-17-22-14(4)16(20(27)23-17)11-18(26)24-9-6-7-15(12-24)19-21-8-10-25(19)13(2)3/h8,10,13,15H,5-7,9,11-12H2,1-4H3,(H,22,23,27)/t15-/m0/s1. The third-order valence-corrected chi connectivity index (χ3v) is 5.33. The maximum Gasteiger partial charge on any atom is 0.254 e. The molecular weight excluding hydrogens is 342 g/mol. The zero-order valence-corrected chi connectivity index (χ0v) is 16.7. The Labute approximate surface area is 159 Å². The largest absolute Gasteiger partial charge is 0.342 e. The van der Waals surface area contributed by atoms with Crippen LogP contribution in [0.1, 0.15) is 68.5 Å². The number of aromatic nitrogens is 4. The summed E-state index contributed by atoms with van der Waals surface area (Å²) in [5.41, 5.74) is 0.924. The molecule has 7 nitrogen and oxygen atoms in total. The number of amides is 1. The van der Waals surface area contributed by atoms with E-state index in [1.807, 2.05) is 24.2 Å². The molecule has 1 fully saturated rings. The van der Waals surface area contributed by atoms with Crippen LogP contribution in [0.3, 0.4) is 0 Å². The van der Waals surface area contributed by atoms with Gasteiger partial charge in [-0.15, -0.1) is 0 Å². The van der Waals surface area contributed by atoms with Crippen molar-refractivity contribution in [2.45, 2.75) is 65.3 Å². The lowest BCUT2D eigenvalue weighted by atomic mass is 9.96. The van der Waals surface area contributed by atoms with Gasteiger partial charge in [-0.1, -0.05) is 6.92 Å². The summed E-state index contributed by atoms with van der Waals surface area (Å²) in [6.45, 7) is 9.40. The molecule has 27 heavy (non-hydrogen) atoms. The molecule has 0 aromatic carbocycles. The molecule has 2 aromatic heterocycles. The normalized spacial score (nSPS) is 17.5. The number of H-pyrrole nitrogens is 1. The lowest BCUT2D eigenvalue weighted by Gasteiger charge is -2.33. The Morgan fingerprint density at radius 2 is 2.19 bits per heavy atom. The first kappa shape index (κ1) is 19.3. The summed E-state index contributed by atoms with van der Waals surface area (Å²) in [5, 5.41) is 0. The van der Waals surface area contributed by atoms with Crippen molar-refractivity contribution in [1.82, 2.24) is 24.4 Å². The average Bonchev–Trinajstić information content (AvgIpc) is 3.14. The van der Waals surface area contributed by atoms with Crippen LogP contribution in [0.15, 0.2) is 17.2 Å². The van der Waals surface area contributed by atoms with Gasteiger partial charge in [0.15, 0.2) is 0 Å². The fourth-order valence-electron chi connectivity index (χ4n) is 3.80. The Balaban J connectivity index is 1.74. The predicted octanol–water partition coefficient (Wildman–Crippen LogP) is 2.37. The van der Waals surface area contributed by atoms with Gasteiger partial charge in [-0.25, -0.2) is 9.97 Å². The third kappa shape index (κ3) is 4.12. The number of aryl methyl sites for hydroxylation is 2. The van der Waals surface area contributed by atoms with E-state index in [1.165, 1.54) is 0 Å². The third-order valence-electron chi connectivity index (χ3n) is 5.33. The molecule has 0 spiro atoms. The van der Waals surface area contributed by atoms with Crippen molar-refractivity contribution in [2.24, 2.45) is 0 Å². The number of hydrogen-bond acceptors (Lipinski definition) is 4. The van der Waals surface area contributed by atoms with Crippen LogP contribution in [0.2, 0.25) is 0 Å². The number of imidazole rings is 1. The molecule has 1 aliphatic heterocycles. The van der Waals surface area contributed by atoms with E-state index in [1.54, 1.807) is 6.92 Å². The van der Waals surface area contributed by atoms with Crippen molar-refractivity contribution in [1.29, 1.82) is 0 Å². The number of nitrogens with one attached hydrogen (secondary N) is 1. The number of piperidine rings is 1. The minimum Gasteiger partial charge on any atom is -0.342 e. The van der Waals surface area contributed by atoms with E-state index in [0.29, 0.717) is 36.1 Å². The molecule has 1 N–H and O–H groups in total. The van der Waals surface area contributed by atoms with Crippen LogP contribution < -0.4 is 5.56 Å². The molecule has 3 heterocycles. The van der Waals surface area contributed by atoms with Gasteiger partial charge >= 0.3 is 0 Å². The van der Waals surface area contributed by atoms with Crippen LogP contribution in [0.4, 0.5) is 0 Å². The first-order chi connectivity index (χ1) is 12.9. The van der Waals surface area contributed by atoms with Crippen molar-refractivity contribution in [3.63, 3.8) is 0 Å². The zero-order valence-electron chi connectivity index (χ0n) is 16.7. The Morgan fingerprint density at radius 1 is 1.41 bits per heavy atom. The van der Waals surface area contributed by atoms with Gasteiger partial charge in [0.1, 0.15) is 11.6 Å². The van der Waals surface area contributed by atoms with Crippen LogP contribution in [0, 0.1) is 6.92 Å². The van der Waals surface area contributed by atoms with E-state index in [4.69, 9.17) is 0 Å². The summed E-state index contributed by atoms with van der Waals surface area (Å²) in [6, 6.07) is 0.345. The number of hydrogen-bond donors (Lipinski definition) is 1. The van der Waals surface area contributed by atoms with Crippen molar-refractivity contribution < 1.29 is 4.79 Å². The van der Waals surface area contributed by atoms with E-state index in [0.717, 1.165) is 25.2 Å². The highest BCUT2D eigenvalue weighted by molar-refractivity contribution is 5.79. The molecule has 3 rings (SSSR count). The molecule has 0 aliphatic carbocycles. The molecule has 7 heteroatoms. The highest BCUT2D eigenvalue weighted by Gasteiger charge is 2.28. The van der Waals surface area contributed by atoms with Gasteiger partial charge in [0.2, 0.25) is 5.91 Å². The minimum atomic E-state index is -0.198. The van der Waals surface area contributed by atoms with Gasteiger partial charge in [0, 0.05) is 55.1 Å². The van der Waals surface area contributed by atoms with Gasteiger partial charge in [-0.2, -0.15) is 0 Å². The smallest absolute Gasteiger partial charge is 0.254 e. The summed E-state index contributed by atoms with van der Waals surface area (Å²) in [6.07, 6.45) is 6.58. The van der Waals surface area contributed by atoms with Gasteiger partial charge in [-0.05, 0) is 33.6 Å². The Hall–Kier alpha value is -2.44. The van der Waals surface area contributed by atoms with Crippen LogP contribution in [0.5, 0.6) is 0 Å². The minimum absolute atomic E-state index is 0.0120. The van der Waals surface area contributed by atoms with Crippen LogP contribution in [0.25, 0.3) is 0 Å². The van der Waals surface area contributed by atoms with E-state index in [-0.39, 0.29) is 23.8 Å². The number of rotatable bonds is 5. The van der Waals surface area contributed by atoms with E-state index in [9.17, 15) is 9.59 Å². The summed E-state index contributed by atoms with van der Waals surface area (Å²) in [7, 11) is 0.